The molecular formula is C15H15ClFNO. The Balaban J connectivity index is 2.19. The molecule has 1 atom stereocenters. The largest absolute Gasteiger partial charge is 0.488 e. The molecule has 0 radical (unpaired) electrons. The highest BCUT2D eigenvalue weighted by atomic mass is 35.5. The smallest absolute Gasteiger partial charge is 0.131 e. The minimum Gasteiger partial charge on any atom is -0.488 e. The first-order valence-corrected chi connectivity index (χ1v) is 6.37. The fourth-order valence-corrected chi connectivity index (χ4v) is 2.03. The molecule has 0 aliphatic rings. The van der Waals surface area contributed by atoms with Crippen LogP contribution in [0.3, 0.4) is 0 Å². The summed E-state index contributed by atoms with van der Waals surface area (Å²) in [5.74, 6) is 0.280. The van der Waals surface area contributed by atoms with Gasteiger partial charge in [0.05, 0.1) is 5.02 Å². The lowest BCUT2D eigenvalue weighted by Crippen LogP contribution is -2.08. The standard InChI is InChI=1S/C15H15ClFNO/c1-10(18)11-5-2-3-8-15(11)19-9-12-13(16)6-4-7-14(12)17/h2-8,10H,9,18H2,1H3. The normalized spacial score (nSPS) is 12.2. The van der Waals surface area contributed by atoms with Crippen LogP contribution in [0.15, 0.2) is 42.5 Å². The summed E-state index contributed by atoms with van der Waals surface area (Å²) in [5, 5.41) is 0.360. The second-order valence-corrected chi connectivity index (χ2v) is 4.72. The zero-order valence-electron chi connectivity index (χ0n) is 10.6. The molecule has 0 fully saturated rings. The third-order valence-corrected chi connectivity index (χ3v) is 3.20. The third kappa shape index (κ3) is 3.25. The summed E-state index contributed by atoms with van der Waals surface area (Å²) >= 11 is 5.95. The molecule has 0 heterocycles. The molecule has 2 aromatic carbocycles. The van der Waals surface area contributed by atoms with Gasteiger partial charge in [0, 0.05) is 17.2 Å². The maximum atomic E-state index is 13.6. The molecule has 0 aliphatic heterocycles. The lowest BCUT2D eigenvalue weighted by atomic mass is 10.1. The topological polar surface area (TPSA) is 35.2 Å². The van der Waals surface area contributed by atoms with Crippen molar-refractivity contribution in [2.45, 2.75) is 19.6 Å². The first-order chi connectivity index (χ1) is 9.09. The predicted molar refractivity (Wildman–Crippen MR) is 74.8 cm³/mol. The fraction of sp³-hybridized carbons (Fsp3) is 0.200. The van der Waals surface area contributed by atoms with Gasteiger partial charge in [-0.15, -0.1) is 0 Å². The Morgan fingerprint density at radius 1 is 1.21 bits per heavy atom. The van der Waals surface area contributed by atoms with Gasteiger partial charge in [-0.05, 0) is 25.1 Å². The number of rotatable bonds is 4. The number of para-hydroxylation sites is 1. The molecule has 0 aromatic heterocycles. The molecule has 100 valence electrons. The summed E-state index contributed by atoms with van der Waals surface area (Å²) in [6.07, 6.45) is 0. The van der Waals surface area contributed by atoms with E-state index in [2.05, 4.69) is 0 Å². The van der Waals surface area contributed by atoms with Gasteiger partial charge >= 0.3 is 0 Å². The Morgan fingerprint density at radius 2 is 1.95 bits per heavy atom. The Hall–Kier alpha value is -1.58. The van der Waals surface area contributed by atoms with E-state index in [1.807, 2.05) is 31.2 Å². The monoisotopic (exact) mass is 279 g/mol. The number of benzene rings is 2. The van der Waals surface area contributed by atoms with Gasteiger partial charge in [0.2, 0.25) is 0 Å². The molecule has 1 unspecified atom stereocenters. The highest BCUT2D eigenvalue weighted by Crippen LogP contribution is 2.26. The number of ether oxygens (including phenoxy) is 1. The minimum absolute atomic E-state index is 0.0786. The number of nitrogens with two attached hydrogens (primary N) is 1. The van der Waals surface area contributed by atoms with Crippen molar-refractivity contribution in [3.8, 4) is 5.75 Å². The van der Waals surface area contributed by atoms with Gasteiger partial charge in [-0.2, -0.15) is 0 Å². The molecule has 19 heavy (non-hydrogen) atoms. The number of hydrogen-bond acceptors (Lipinski definition) is 2. The Bertz CT molecular complexity index is 552. The molecule has 0 spiro atoms. The average molecular weight is 280 g/mol. The molecule has 4 heteroatoms. The van der Waals surface area contributed by atoms with Gasteiger partial charge in [0.1, 0.15) is 18.2 Å². The first kappa shape index (κ1) is 13.8. The van der Waals surface area contributed by atoms with E-state index in [4.69, 9.17) is 22.1 Å². The molecule has 0 saturated heterocycles. The molecule has 0 saturated carbocycles. The van der Waals surface area contributed by atoms with Gasteiger partial charge < -0.3 is 10.5 Å². The number of hydrogen-bond donors (Lipinski definition) is 1. The van der Waals surface area contributed by atoms with Crippen LogP contribution in [-0.2, 0) is 6.61 Å². The van der Waals surface area contributed by atoms with Crippen LogP contribution in [0.25, 0.3) is 0 Å². The van der Waals surface area contributed by atoms with Crippen molar-refractivity contribution in [1.29, 1.82) is 0 Å². The molecule has 0 bridgehead atoms. The lowest BCUT2D eigenvalue weighted by Gasteiger charge is -2.14. The van der Waals surface area contributed by atoms with Crippen LogP contribution in [0.4, 0.5) is 4.39 Å². The lowest BCUT2D eigenvalue weighted by molar-refractivity contribution is 0.295. The molecule has 2 rings (SSSR count). The van der Waals surface area contributed by atoms with Gasteiger partial charge in [0.15, 0.2) is 0 Å². The highest BCUT2D eigenvalue weighted by molar-refractivity contribution is 6.31. The molecule has 0 aliphatic carbocycles. The van der Waals surface area contributed by atoms with Crippen molar-refractivity contribution in [3.63, 3.8) is 0 Å². The van der Waals surface area contributed by atoms with E-state index in [1.54, 1.807) is 12.1 Å². The van der Waals surface area contributed by atoms with Crippen molar-refractivity contribution in [1.82, 2.24) is 0 Å². The van der Waals surface area contributed by atoms with Crippen molar-refractivity contribution in [2.24, 2.45) is 5.73 Å². The van der Waals surface area contributed by atoms with Gasteiger partial charge in [-0.25, -0.2) is 4.39 Å². The van der Waals surface area contributed by atoms with Crippen LogP contribution in [0.1, 0.15) is 24.1 Å². The molecule has 2 N–H and O–H groups in total. The summed E-state index contributed by atoms with van der Waals surface area (Å²) < 4.78 is 19.3. The van der Waals surface area contributed by atoms with Gasteiger partial charge in [0.25, 0.3) is 0 Å². The Morgan fingerprint density at radius 3 is 2.63 bits per heavy atom. The highest BCUT2D eigenvalue weighted by Gasteiger charge is 2.11. The van der Waals surface area contributed by atoms with E-state index in [9.17, 15) is 4.39 Å². The van der Waals surface area contributed by atoms with Crippen molar-refractivity contribution in [2.75, 3.05) is 0 Å². The average Bonchev–Trinajstić information content (AvgIpc) is 2.38. The van der Waals surface area contributed by atoms with Crippen LogP contribution in [-0.4, -0.2) is 0 Å². The fourth-order valence-electron chi connectivity index (χ4n) is 1.81. The molecule has 0 amide bonds. The maximum absolute atomic E-state index is 13.6. The molecule has 2 aromatic rings. The van der Waals surface area contributed by atoms with Crippen LogP contribution < -0.4 is 10.5 Å². The van der Waals surface area contributed by atoms with Crippen LogP contribution in [0, 0.1) is 5.82 Å². The SMILES string of the molecule is CC(N)c1ccccc1OCc1c(F)cccc1Cl. The molecule has 2 nitrogen and oxygen atoms in total. The second kappa shape index (κ2) is 6.04. The quantitative estimate of drug-likeness (QED) is 0.915. The van der Waals surface area contributed by atoms with E-state index in [-0.39, 0.29) is 18.5 Å². The van der Waals surface area contributed by atoms with E-state index < -0.39 is 0 Å². The van der Waals surface area contributed by atoms with Crippen molar-refractivity contribution < 1.29 is 9.13 Å². The summed E-state index contributed by atoms with van der Waals surface area (Å²) in [6, 6.07) is 11.9. The predicted octanol–water partition coefficient (Wildman–Crippen LogP) is 4.08. The summed E-state index contributed by atoms with van der Waals surface area (Å²) in [7, 11) is 0. The summed E-state index contributed by atoms with van der Waals surface area (Å²) in [4.78, 5) is 0. The van der Waals surface area contributed by atoms with Crippen molar-refractivity contribution >= 4 is 11.6 Å². The van der Waals surface area contributed by atoms with E-state index >= 15 is 0 Å². The minimum atomic E-state index is -0.370. The van der Waals surface area contributed by atoms with Gasteiger partial charge in [-0.3, -0.25) is 0 Å². The van der Waals surface area contributed by atoms with E-state index in [0.717, 1.165) is 5.56 Å². The Kier molecular flexibility index (Phi) is 4.40. The van der Waals surface area contributed by atoms with Gasteiger partial charge in [-0.1, -0.05) is 35.9 Å². The van der Waals surface area contributed by atoms with Crippen molar-refractivity contribution in [3.05, 3.63) is 64.4 Å². The van der Waals surface area contributed by atoms with Crippen LogP contribution >= 0.6 is 11.6 Å². The zero-order valence-corrected chi connectivity index (χ0v) is 11.3. The summed E-state index contributed by atoms with van der Waals surface area (Å²) in [6.45, 7) is 1.95. The molecular weight excluding hydrogens is 265 g/mol. The number of halogens is 2. The van der Waals surface area contributed by atoms with Crippen LogP contribution in [0.2, 0.25) is 5.02 Å². The van der Waals surface area contributed by atoms with E-state index in [0.29, 0.717) is 16.3 Å². The van der Waals surface area contributed by atoms with E-state index in [1.165, 1.54) is 6.07 Å². The second-order valence-electron chi connectivity index (χ2n) is 4.32. The zero-order chi connectivity index (χ0) is 13.8. The maximum Gasteiger partial charge on any atom is 0.131 e. The summed E-state index contributed by atoms with van der Waals surface area (Å²) in [5.41, 5.74) is 7.10. The Labute approximate surface area is 117 Å². The third-order valence-electron chi connectivity index (χ3n) is 2.84. The van der Waals surface area contributed by atoms with Crippen LogP contribution in [0.5, 0.6) is 5.75 Å². The first-order valence-electron chi connectivity index (χ1n) is 6.00.